The lowest BCUT2D eigenvalue weighted by atomic mass is 9.66. The Morgan fingerprint density at radius 1 is 1.43 bits per heavy atom. The number of thiophene rings is 1. The average Bonchev–Trinajstić information content (AvgIpc) is 3.02. The molecule has 4 rings (SSSR count). The van der Waals surface area contributed by atoms with Crippen molar-refractivity contribution in [3.8, 4) is 12.1 Å². The van der Waals surface area contributed by atoms with E-state index in [-0.39, 0.29) is 5.41 Å². The molecule has 0 atom stereocenters. The summed E-state index contributed by atoms with van der Waals surface area (Å²) in [7, 11) is 0. The number of nitrogens with one attached hydrogen (secondary N) is 1. The van der Waals surface area contributed by atoms with Crippen molar-refractivity contribution in [2.75, 3.05) is 29.6 Å². The number of thioether (sulfide) groups is 1. The van der Waals surface area contributed by atoms with Crippen molar-refractivity contribution < 1.29 is 9.90 Å². The molecule has 8 nitrogen and oxygen atoms in total. The summed E-state index contributed by atoms with van der Waals surface area (Å²) in [5, 5.41) is 31.6. The molecule has 2 aromatic heterocycles. The topological polar surface area (TPSA) is 126 Å². The van der Waals surface area contributed by atoms with Crippen LogP contribution in [0.3, 0.4) is 0 Å². The van der Waals surface area contributed by atoms with Crippen LogP contribution in [0.5, 0.6) is 0 Å². The number of hydrogen-bond donors (Lipinski definition) is 2. The number of nitrogens with zero attached hydrogens (tertiary/aromatic N) is 5. The van der Waals surface area contributed by atoms with Gasteiger partial charge in [0.15, 0.2) is 11.0 Å². The molecule has 28 heavy (non-hydrogen) atoms. The highest BCUT2D eigenvalue weighted by atomic mass is 32.2. The molecule has 3 heterocycles. The van der Waals surface area contributed by atoms with Gasteiger partial charge >= 0.3 is 6.09 Å². The number of hydrogen-bond acceptors (Lipinski definition) is 8. The smallest absolute Gasteiger partial charge is 0.409 e. The van der Waals surface area contributed by atoms with E-state index < -0.39 is 6.09 Å². The number of amides is 1. The standard InChI is InChI=1S/C18H16N6O2S2/c1-27-16-21-7-10(5-19)14(22-16)24-8-18(9-24)4-2-3-12-13(18)11(6-20)15(28-12)23-17(25)26/h7,23H,2-4,8-9H2,1H3,(H,25,26). The number of carboxylic acid groups (broad SMARTS) is 1. The van der Waals surface area contributed by atoms with Crippen molar-refractivity contribution in [3.05, 3.63) is 27.8 Å². The van der Waals surface area contributed by atoms with Crippen LogP contribution in [0.15, 0.2) is 11.4 Å². The molecule has 0 unspecified atom stereocenters. The molecule has 142 valence electrons. The Bertz CT molecular complexity index is 1050. The second-order valence-corrected chi connectivity index (χ2v) is 8.72. The highest BCUT2D eigenvalue weighted by Crippen LogP contribution is 2.51. The number of aryl methyl sites for hydroxylation is 1. The summed E-state index contributed by atoms with van der Waals surface area (Å²) in [6, 6.07) is 4.37. The lowest BCUT2D eigenvalue weighted by Gasteiger charge is -2.53. The third-order valence-corrected chi connectivity index (χ3v) is 6.97. The highest BCUT2D eigenvalue weighted by molar-refractivity contribution is 7.98. The maximum atomic E-state index is 11.1. The molecule has 2 aromatic rings. The molecule has 1 amide bonds. The van der Waals surface area contributed by atoms with Crippen LogP contribution in [-0.4, -0.2) is 40.5 Å². The van der Waals surface area contributed by atoms with Gasteiger partial charge in [-0.25, -0.2) is 14.8 Å². The third kappa shape index (κ3) is 2.86. The molecule has 1 fully saturated rings. The molecule has 10 heteroatoms. The van der Waals surface area contributed by atoms with Crippen LogP contribution in [0.4, 0.5) is 15.6 Å². The molecule has 0 bridgehead atoms. The molecule has 1 aliphatic heterocycles. The first-order valence-corrected chi connectivity index (χ1v) is 10.7. The van der Waals surface area contributed by atoms with E-state index in [0.717, 1.165) is 29.7 Å². The van der Waals surface area contributed by atoms with Crippen molar-refractivity contribution in [2.45, 2.75) is 29.8 Å². The molecular weight excluding hydrogens is 396 g/mol. The molecule has 0 saturated carbocycles. The highest BCUT2D eigenvalue weighted by Gasteiger charge is 2.50. The van der Waals surface area contributed by atoms with Crippen molar-refractivity contribution in [1.82, 2.24) is 9.97 Å². The summed E-state index contributed by atoms with van der Waals surface area (Å²) in [5.41, 5.74) is 1.64. The van der Waals surface area contributed by atoms with Crippen LogP contribution in [0.1, 0.15) is 34.4 Å². The molecule has 1 saturated heterocycles. The van der Waals surface area contributed by atoms with Crippen molar-refractivity contribution in [2.24, 2.45) is 0 Å². The molecule has 2 N–H and O–H groups in total. The van der Waals surface area contributed by atoms with Gasteiger partial charge in [0.05, 0.1) is 11.8 Å². The number of nitriles is 2. The zero-order chi connectivity index (χ0) is 19.9. The van der Waals surface area contributed by atoms with Crippen molar-refractivity contribution in [1.29, 1.82) is 10.5 Å². The molecule has 1 spiro atoms. The fourth-order valence-corrected chi connectivity index (χ4v) is 5.78. The zero-order valence-electron chi connectivity index (χ0n) is 15.0. The first-order chi connectivity index (χ1) is 13.5. The van der Waals surface area contributed by atoms with Crippen LogP contribution >= 0.6 is 23.1 Å². The average molecular weight is 413 g/mol. The SMILES string of the molecule is CSc1ncc(C#N)c(N2CC3(CCCc4sc(NC(=O)O)c(C#N)c43)C2)n1. The predicted molar refractivity (Wildman–Crippen MR) is 106 cm³/mol. The summed E-state index contributed by atoms with van der Waals surface area (Å²) in [5.74, 6) is 0.622. The van der Waals surface area contributed by atoms with Gasteiger partial charge in [-0.15, -0.1) is 11.3 Å². The fraction of sp³-hybridized carbons (Fsp3) is 0.389. The number of carbonyl (C=O) groups is 1. The van der Waals surface area contributed by atoms with E-state index in [0.29, 0.717) is 40.2 Å². The minimum absolute atomic E-state index is 0.204. The van der Waals surface area contributed by atoms with E-state index in [2.05, 4.69) is 32.3 Å². The Hall–Kier alpha value is -2.82. The zero-order valence-corrected chi connectivity index (χ0v) is 16.7. The Balaban J connectivity index is 1.70. The quantitative estimate of drug-likeness (QED) is 0.581. The van der Waals surface area contributed by atoms with Gasteiger partial charge in [-0.05, 0) is 31.1 Å². The van der Waals surface area contributed by atoms with E-state index >= 15 is 0 Å². The lowest BCUT2D eigenvalue weighted by molar-refractivity contribution is 0.210. The van der Waals surface area contributed by atoms with Crippen molar-refractivity contribution in [3.63, 3.8) is 0 Å². The van der Waals surface area contributed by atoms with E-state index in [1.54, 1.807) is 6.20 Å². The van der Waals surface area contributed by atoms with Gasteiger partial charge in [0.1, 0.15) is 22.7 Å². The van der Waals surface area contributed by atoms with Crippen LogP contribution in [-0.2, 0) is 11.8 Å². The van der Waals surface area contributed by atoms with Gasteiger partial charge in [0.2, 0.25) is 0 Å². The van der Waals surface area contributed by atoms with E-state index in [1.807, 2.05) is 6.26 Å². The molecule has 0 aromatic carbocycles. The number of aromatic nitrogens is 2. The van der Waals surface area contributed by atoms with Gasteiger partial charge in [0.25, 0.3) is 0 Å². The van der Waals surface area contributed by atoms with Crippen molar-refractivity contribution >= 4 is 40.0 Å². The molecule has 1 aliphatic carbocycles. The van der Waals surface area contributed by atoms with Crippen LogP contribution < -0.4 is 10.2 Å². The first kappa shape index (κ1) is 18.5. The van der Waals surface area contributed by atoms with Crippen LogP contribution in [0.2, 0.25) is 0 Å². The predicted octanol–water partition coefficient (Wildman–Crippen LogP) is 3.19. The summed E-state index contributed by atoms with van der Waals surface area (Å²) in [4.78, 5) is 22.9. The summed E-state index contributed by atoms with van der Waals surface area (Å²) >= 11 is 2.78. The van der Waals surface area contributed by atoms with Crippen LogP contribution in [0.25, 0.3) is 0 Å². The number of rotatable bonds is 3. The third-order valence-electron chi connectivity index (χ3n) is 5.24. The largest absolute Gasteiger partial charge is 0.465 e. The first-order valence-electron chi connectivity index (χ1n) is 8.63. The minimum atomic E-state index is -1.16. The lowest BCUT2D eigenvalue weighted by Crippen LogP contribution is -2.61. The molecular formula is C18H16N6O2S2. The van der Waals surface area contributed by atoms with Gasteiger partial charge < -0.3 is 10.0 Å². The van der Waals surface area contributed by atoms with Gasteiger partial charge in [-0.3, -0.25) is 5.32 Å². The Morgan fingerprint density at radius 2 is 2.21 bits per heavy atom. The maximum Gasteiger partial charge on any atom is 0.409 e. The summed E-state index contributed by atoms with van der Waals surface area (Å²) in [6.45, 7) is 1.30. The monoisotopic (exact) mass is 412 g/mol. The second kappa shape index (κ2) is 6.97. The Kier molecular flexibility index (Phi) is 4.61. The van der Waals surface area contributed by atoms with Gasteiger partial charge in [-0.1, -0.05) is 11.8 Å². The number of fused-ring (bicyclic) bond motifs is 2. The van der Waals surface area contributed by atoms with Gasteiger partial charge in [-0.2, -0.15) is 10.5 Å². The summed E-state index contributed by atoms with van der Waals surface area (Å²) < 4.78 is 0. The van der Waals surface area contributed by atoms with E-state index in [9.17, 15) is 15.3 Å². The minimum Gasteiger partial charge on any atom is -0.465 e. The van der Waals surface area contributed by atoms with Gasteiger partial charge in [0, 0.05) is 23.4 Å². The molecule has 0 radical (unpaired) electrons. The van der Waals surface area contributed by atoms with E-state index in [1.165, 1.54) is 23.1 Å². The Morgan fingerprint density at radius 3 is 2.86 bits per heavy atom. The maximum absolute atomic E-state index is 11.1. The summed E-state index contributed by atoms with van der Waals surface area (Å²) in [6.07, 6.45) is 5.04. The van der Waals surface area contributed by atoms with E-state index in [4.69, 9.17) is 5.11 Å². The number of anilines is 2. The van der Waals surface area contributed by atoms with Crippen LogP contribution in [0, 0.1) is 22.7 Å². The normalized spacial score (nSPS) is 16.6. The molecule has 2 aliphatic rings. The fourth-order valence-electron chi connectivity index (χ4n) is 4.15. The Labute approximate surface area is 169 Å². The second-order valence-electron chi connectivity index (χ2n) is 6.84.